The summed E-state index contributed by atoms with van der Waals surface area (Å²) in [6.07, 6.45) is -0.744. The van der Waals surface area contributed by atoms with Crippen LogP contribution in [0.25, 0.3) is 10.9 Å². The number of hydrogen-bond acceptors (Lipinski definition) is 14. The monoisotopic (exact) mass is 890 g/mol. The molecule has 63 heavy (non-hydrogen) atoms. The summed E-state index contributed by atoms with van der Waals surface area (Å²) in [5, 5.41) is 64.1. The molecule has 2 heterocycles. The summed E-state index contributed by atoms with van der Waals surface area (Å²) < 4.78 is 0. The molecule has 1 fully saturated rings. The SMILES string of the molecule is CC(C)[C@H](NC(=O)[C@H](CO)NC(=O)[C@H](CC(N)=O)NC(=O)[C@@H](NC(=O)[C@@H]1[C@@H](O)CCN1C(=O)[C@H](C)N)C(C)CO)C(=O)N[C@H](Cc1c[nH]c2ccccc12)C(=O)N[C@@H](CO)C(=O)O. The van der Waals surface area contributed by atoms with Crippen LogP contribution in [0.4, 0.5) is 0 Å². The molecule has 0 saturated carbocycles. The second kappa shape index (κ2) is 23.3. The number of fused-ring (bicyclic) bond motifs is 1. The summed E-state index contributed by atoms with van der Waals surface area (Å²) in [5.74, 6) is -11.4. The van der Waals surface area contributed by atoms with E-state index in [0.717, 1.165) is 4.90 Å². The van der Waals surface area contributed by atoms with Gasteiger partial charge in [0, 0.05) is 42.6 Å². The number of aromatic nitrogens is 1. The van der Waals surface area contributed by atoms with Gasteiger partial charge in [-0.15, -0.1) is 0 Å². The topological polar surface area (TPSA) is 398 Å². The fraction of sp³-hybridized carbons (Fsp3) is 0.564. The average Bonchev–Trinajstić information content (AvgIpc) is 3.83. The van der Waals surface area contributed by atoms with Gasteiger partial charge in [0.25, 0.3) is 0 Å². The van der Waals surface area contributed by atoms with E-state index in [1.54, 1.807) is 30.5 Å². The zero-order chi connectivity index (χ0) is 47.3. The molecule has 24 nitrogen and oxygen atoms in total. The zero-order valence-corrected chi connectivity index (χ0v) is 35.2. The molecule has 0 bridgehead atoms. The number of aliphatic hydroxyl groups is 4. The molecule has 348 valence electrons. The van der Waals surface area contributed by atoms with Crippen LogP contribution in [0.15, 0.2) is 30.5 Å². The van der Waals surface area contributed by atoms with Crippen molar-refractivity contribution < 1.29 is 68.7 Å². The number of carbonyl (C=O) groups is 9. The van der Waals surface area contributed by atoms with Crippen molar-refractivity contribution in [3.8, 4) is 0 Å². The molecule has 0 radical (unpaired) electrons. The molecule has 16 N–H and O–H groups in total. The third-order valence-corrected chi connectivity index (χ3v) is 10.4. The van der Waals surface area contributed by atoms with Crippen molar-refractivity contribution >= 4 is 64.1 Å². The van der Waals surface area contributed by atoms with Gasteiger partial charge in [-0.05, 0) is 30.9 Å². The van der Waals surface area contributed by atoms with E-state index in [0.29, 0.717) is 16.5 Å². The number of carboxylic acids is 1. The number of rotatable bonds is 23. The predicted molar refractivity (Wildman–Crippen MR) is 220 cm³/mol. The van der Waals surface area contributed by atoms with Gasteiger partial charge in [-0.25, -0.2) is 4.79 Å². The van der Waals surface area contributed by atoms with E-state index < -0.39 is 146 Å². The summed E-state index contributed by atoms with van der Waals surface area (Å²) in [7, 11) is 0. The molecule has 3 rings (SSSR count). The van der Waals surface area contributed by atoms with E-state index in [1.165, 1.54) is 27.7 Å². The van der Waals surface area contributed by atoms with E-state index in [9.17, 15) is 68.7 Å². The van der Waals surface area contributed by atoms with E-state index in [-0.39, 0.29) is 19.4 Å². The van der Waals surface area contributed by atoms with Gasteiger partial charge in [-0.3, -0.25) is 38.4 Å². The quantitative estimate of drug-likeness (QED) is 0.0494. The molecule has 10 atom stereocenters. The number of likely N-dealkylation sites (tertiary alicyclic amines) is 1. The van der Waals surface area contributed by atoms with Crippen molar-refractivity contribution in [3.05, 3.63) is 36.0 Å². The van der Waals surface area contributed by atoms with Crippen molar-refractivity contribution in [1.29, 1.82) is 0 Å². The molecular formula is C39H58N10O14. The van der Waals surface area contributed by atoms with Crippen LogP contribution in [-0.2, 0) is 49.6 Å². The fourth-order valence-corrected chi connectivity index (χ4v) is 6.79. The van der Waals surface area contributed by atoms with Gasteiger partial charge in [0.15, 0.2) is 0 Å². The number of benzene rings is 1. The molecule has 24 heteroatoms. The Kier molecular flexibility index (Phi) is 18.9. The van der Waals surface area contributed by atoms with Crippen molar-refractivity contribution in [2.75, 3.05) is 26.4 Å². The Hall–Kier alpha value is -6.21. The Labute approximate surface area is 361 Å². The van der Waals surface area contributed by atoms with Crippen molar-refractivity contribution in [2.45, 2.75) is 101 Å². The lowest BCUT2D eigenvalue weighted by Gasteiger charge is -2.31. The molecule has 1 saturated heterocycles. The molecule has 1 aliphatic rings. The lowest BCUT2D eigenvalue weighted by molar-refractivity contribution is -0.143. The lowest BCUT2D eigenvalue weighted by atomic mass is 9.99. The summed E-state index contributed by atoms with van der Waals surface area (Å²) in [6.45, 7) is 3.06. The highest BCUT2D eigenvalue weighted by Crippen LogP contribution is 2.21. The van der Waals surface area contributed by atoms with Crippen molar-refractivity contribution in [2.24, 2.45) is 23.3 Å². The Morgan fingerprint density at radius 1 is 0.746 bits per heavy atom. The number of aliphatic carboxylic acids is 1. The number of nitrogens with one attached hydrogen (secondary N) is 7. The minimum atomic E-state index is -1.84. The van der Waals surface area contributed by atoms with Gasteiger partial charge in [-0.1, -0.05) is 39.0 Å². The van der Waals surface area contributed by atoms with Crippen molar-refractivity contribution in [1.82, 2.24) is 41.8 Å². The normalized spacial score (nSPS) is 18.7. The van der Waals surface area contributed by atoms with Crippen LogP contribution in [0.5, 0.6) is 0 Å². The average molecular weight is 891 g/mol. The number of hydrogen-bond donors (Lipinski definition) is 14. The van der Waals surface area contributed by atoms with Gasteiger partial charge in [-0.2, -0.15) is 0 Å². The summed E-state index contributed by atoms with van der Waals surface area (Å²) in [6, 6.07) is -5.33. The number of aromatic amines is 1. The van der Waals surface area contributed by atoms with Gasteiger partial charge in [0.2, 0.25) is 47.3 Å². The highest BCUT2D eigenvalue weighted by molar-refractivity contribution is 5.99. The third-order valence-electron chi connectivity index (χ3n) is 10.4. The molecular weight excluding hydrogens is 832 g/mol. The van der Waals surface area contributed by atoms with Gasteiger partial charge in [0.05, 0.1) is 31.8 Å². The fourth-order valence-electron chi connectivity index (χ4n) is 6.79. The molecule has 0 aliphatic carbocycles. The summed E-state index contributed by atoms with van der Waals surface area (Å²) in [4.78, 5) is 122. The first-order valence-electron chi connectivity index (χ1n) is 20.1. The second-order valence-corrected chi connectivity index (χ2v) is 15.7. The molecule has 8 amide bonds. The van der Waals surface area contributed by atoms with Crippen LogP contribution < -0.4 is 43.4 Å². The molecule has 1 aliphatic heterocycles. The highest BCUT2D eigenvalue weighted by atomic mass is 16.4. The molecule has 2 aromatic rings. The minimum Gasteiger partial charge on any atom is -0.480 e. The maximum atomic E-state index is 13.8. The van der Waals surface area contributed by atoms with E-state index in [4.69, 9.17) is 11.5 Å². The van der Waals surface area contributed by atoms with Crippen LogP contribution in [0.1, 0.15) is 46.1 Å². The number of para-hydroxylation sites is 1. The third kappa shape index (κ3) is 13.6. The number of aliphatic hydroxyl groups excluding tert-OH is 4. The van der Waals surface area contributed by atoms with Crippen LogP contribution in [0, 0.1) is 11.8 Å². The summed E-state index contributed by atoms with van der Waals surface area (Å²) in [5.41, 5.74) is 12.3. The molecule has 1 aromatic heterocycles. The number of amides is 8. The van der Waals surface area contributed by atoms with Gasteiger partial charge >= 0.3 is 5.97 Å². The summed E-state index contributed by atoms with van der Waals surface area (Å²) >= 11 is 0. The van der Waals surface area contributed by atoms with Crippen LogP contribution in [0.3, 0.4) is 0 Å². The zero-order valence-electron chi connectivity index (χ0n) is 35.2. The van der Waals surface area contributed by atoms with E-state index >= 15 is 0 Å². The Morgan fingerprint density at radius 2 is 1.30 bits per heavy atom. The number of nitrogens with zero attached hydrogens (tertiary/aromatic N) is 1. The number of nitrogens with two attached hydrogens (primary N) is 2. The standard InChI is InChI=1S/C39H58N10O14/c1-17(2)29(35(58)43-23(32(55)46-26(16-52)39(62)63)11-20-13-42-22-8-6-5-7-21(20)22)47-34(57)25(15-51)45-33(56)24(12-28(41)54)44-36(59)30(18(3)14-50)48-37(60)31-27(53)9-10-49(31)38(61)19(4)40/h5-8,13,17-19,23-27,29-31,42,50-53H,9-12,14-16,40H2,1-4H3,(H2,41,54)(H,43,58)(H,44,59)(H,45,56)(H,46,55)(H,47,57)(H,48,60)(H,62,63)/t18?,19-,23+,24-,25-,26-,27-,29-,30-,31-/m0/s1. The van der Waals surface area contributed by atoms with Crippen LogP contribution in [0.2, 0.25) is 0 Å². The van der Waals surface area contributed by atoms with Crippen LogP contribution in [-0.4, -0.2) is 169 Å². The number of primary amides is 1. The highest BCUT2D eigenvalue weighted by Gasteiger charge is 2.44. The Morgan fingerprint density at radius 3 is 1.87 bits per heavy atom. The first-order valence-corrected chi connectivity index (χ1v) is 20.1. The predicted octanol–water partition coefficient (Wildman–Crippen LogP) is -5.84. The lowest BCUT2D eigenvalue weighted by Crippen LogP contribution is -2.62. The number of carboxylic acid groups (broad SMARTS) is 1. The minimum absolute atomic E-state index is 0.0149. The maximum Gasteiger partial charge on any atom is 0.328 e. The smallest absolute Gasteiger partial charge is 0.328 e. The Balaban J connectivity index is 1.80. The number of H-pyrrole nitrogens is 1. The van der Waals surface area contributed by atoms with Crippen molar-refractivity contribution in [3.63, 3.8) is 0 Å². The van der Waals surface area contributed by atoms with E-state index in [1.807, 2.05) is 0 Å². The second-order valence-electron chi connectivity index (χ2n) is 15.7. The largest absolute Gasteiger partial charge is 0.480 e. The molecule has 1 aromatic carbocycles. The first kappa shape index (κ1) is 51.1. The molecule has 0 spiro atoms. The van der Waals surface area contributed by atoms with Gasteiger partial charge < -0.3 is 78.8 Å². The van der Waals surface area contributed by atoms with Gasteiger partial charge in [0.1, 0.15) is 42.3 Å². The number of carbonyl (C=O) groups excluding carboxylic acids is 8. The van der Waals surface area contributed by atoms with Crippen LogP contribution >= 0.6 is 0 Å². The Bertz CT molecular complexity index is 1990. The molecule has 1 unspecified atom stereocenters. The maximum absolute atomic E-state index is 13.8. The first-order chi connectivity index (χ1) is 29.6. The van der Waals surface area contributed by atoms with E-state index in [2.05, 4.69) is 36.9 Å².